The molecule has 0 radical (unpaired) electrons. The van der Waals surface area contributed by atoms with Crippen molar-refractivity contribution in [1.82, 2.24) is 24.3 Å². The summed E-state index contributed by atoms with van der Waals surface area (Å²) in [5.74, 6) is -0.103. The van der Waals surface area contributed by atoms with Gasteiger partial charge in [0.05, 0.1) is 24.7 Å². The van der Waals surface area contributed by atoms with Gasteiger partial charge in [0, 0.05) is 45.0 Å². The molecule has 2 rings (SSSR count). The zero-order valence-electron chi connectivity index (χ0n) is 15.9. The van der Waals surface area contributed by atoms with Gasteiger partial charge < -0.3 is 15.0 Å². The van der Waals surface area contributed by atoms with Crippen LogP contribution in [0, 0.1) is 0 Å². The number of amides is 1. The summed E-state index contributed by atoms with van der Waals surface area (Å²) in [5, 5.41) is 7.12. The van der Waals surface area contributed by atoms with E-state index in [1.54, 1.807) is 36.1 Å². The van der Waals surface area contributed by atoms with Crippen molar-refractivity contribution in [3.63, 3.8) is 0 Å². The first-order valence-corrected chi connectivity index (χ1v) is 10.4. The maximum atomic E-state index is 12.8. The van der Waals surface area contributed by atoms with Crippen LogP contribution in [0.4, 0.5) is 0 Å². The van der Waals surface area contributed by atoms with Gasteiger partial charge in [-0.05, 0) is 20.9 Å². The lowest BCUT2D eigenvalue weighted by Crippen LogP contribution is -2.53. The fourth-order valence-electron chi connectivity index (χ4n) is 2.91. The molecule has 1 fully saturated rings. The Hall–Kier alpha value is -1.49. The van der Waals surface area contributed by atoms with E-state index in [1.807, 2.05) is 13.8 Å². The van der Waals surface area contributed by atoms with Gasteiger partial charge >= 0.3 is 0 Å². The molecule has 0 spiro atoms. The normalized spacial score (nSPS) is 17.7. The summed E-state index contributed by atoms with van der Waals surface area (Å²) in [6.07, 6.45) is 3.47. The van der Waals surface area contributed by atoms with Crippen LogP contribution in [0.25, 0.3) is 0 Å². The van der Waals surface area contributed by atoms with Crippen molar-refractivity contribution in [3.8, 4) is 0 Å². The fraction of sp³-hybridized carbons (Fsp3) is 0.750. The van der Waals surface area contributed by atoms with Gasteiger partial charge in [-0.3, -0.25) is 9.48 Å². The van der Waals surface area contributed by atoms with Crippen molar-refractivity contribution in [2.75, 3.05) is 45.6 Å². The molecule has 1 aliphatic rings. The number of nitrogens with one attached hydrogen (secondary N) is 1. The van der Waals surface area contributed by atoms with Crippen LogP contribution in [0.5, 0.6) is 0 Å². The quantitative estimate of drug-likeness (QED) is 0.651. The molecule has 1 aromatic heterocycles. The molecule has 2 heterocycles. The van der Waals surface area contributed by atoms with Crippen LogP contribution in [-0.4, -0.2) is 85.0 Å². The Morgan fingerprint density at radius 2 is 1.96 bits per heavy atom. The van der Waals surface area contributed by atoms with Crippen LogP contribution in [-0.2, 0) is 26.6 Å². The number of rotatable bonds is 8. The van der Waals surface area contributed by atoms with Crippen LogP contribution in [0.1, 0.15) is 25.5 Å². The molecule has 10 heteroatoms. The minimum Gasteiger partial charge on any atom is -0.378 e. The van der Waals surface area contributed by atoms with Gasteiger partial charge in [-0.25, -0.2) is 8.42 Å². The maximum absolute atomic E-state index is 12.8. The third kappa shape index (κ3) is 5.26. The standard InChI is InChI=1S/C16H29N5O4S/c1-13(2)25-9-10-26(23,24)21-7-5-20(6-8-21)16(22)15(17-3)14-11-18-19(4)12-14/h11-13,15,17H,5-10H2,1-4H3. The van der Waals surface area contributed by atoms with E-state index in [1.165, 1.54) is 4.31 Å². The van der Waals surface area contributed by atoms with Crippen molar-refractivity contribution in [1.29, 1.82) is 0 Å². The summed E-state index contributed by atoms with van der Waals surface area (Å²) < 4.78 is 33.2. The van der Waals surface area contributed by atoms with E-state index < -0.39 is 16.1 Å². The zero-order chi connectivity index (χ0) is 19.3. The summed E-state index contributed by atoms with van der Waals surface area (Å²) >= 11 is 0. The molecule has 9 nitrogen and oxygen atoms in total. The SMILES string of the molecule is CNC(C(=O)N1CCN(S(=O)(=O)CCOC(C)C)CC1)c1cnn(C)c1. The highest BCUT2D eigenvalue weighted by Gasteiger charge is 2.32. The second kappa shape index (κ2) is 8.94. The third-order valence-electron chi connectivity index (χ3n) is 4.33. The molecule has 0 aliphatic carbocycles. The Morgan fingerprint density at radius 1 is 1.31 bits per heavy atom. The van der Waals surface area contributed by atoms with Crippen LogP contribution >= 0.6 is 0 Å². The molecule has 0 saturated carbocycles. The molecular weight excluding hydrogens is 358 g/mol. The lowest BCUT2D eigenvalue weighted by Gasteiger charge is -2.35. The summed E-state index contributed by atoms with van der Waals surface area (Å²) in [6, 6.07) is -0.480. The van der Waals surface area contributed by atoms with Crippen LogP contribution in [0.15, 0.2) is 12.4 Å². The number of nitrogens with zero attached hydrogens (tertiary/aromatic N) is 4. The Balaban J connectivity index is 1.91. The molecule has 1 unspecified atom stereocenters. The number of piperazine rings is 1. The van der Waals surface area contributed by atoms with Crippen molar-refractivity contribution in [2.24, 2.45) is 7.05 Å². The van der Waals surface area contributed by atoms with E-state index in [-0.39, 0.29) is 24.4 Å². The number of likely N-dealkylation sites (N-methyl/N-ethyl adjacent to an activating group) is 1. The smallest absolute Gasteiger partial charge is 0.244 e. The molecule has 26 heavy (non-hydrogen) atoms. The van der Waals surface area contributed by atoms with Crippen LogP contribution in [0.2, 0.25) is 0 Å². The molecule has 0 bridgehead atoms. The summed E-state index contributed by atoms with van der Waals surface area (Å²) in [7, 11) is 0.165. The first-order valence-electron chi connectivity index (χ1n) is 8.78. The summed E-state index contributed by atoms with van der Waals surface area (Å²) in [5.41, 5.74) is 0.792. The van der Waals surface area contributed by atoms with Gasteiger partial charge in [0.1, 0.15) is 6.04 Å². The lowest BCUT2D eigenvalue weighted by atomic mass is 10.1. The minimum atomic E-state index is -3.36. The molecule has 1 N–H and O–H groups in total. The van der Waals surface area contributed by atoms with Crippen molar-refractivity contribution >= 4 is 15.9 Å². The Labute approximate surface area is 155 Å². The second-order valence-corrected chi connectivity index (χ2v) is 8.72. The molecule has 148 valence electrons. The maximum Gasteiger partial charge on any atom is 0.244 e. The molecule has 1 saturated heterocycles. The molecule has 1 aliphatic heterocycles. The Kier molecular flexibility index (Phi) is 7.16. The summed E-state index contributed by atoms with van der Waals surface area (Å²) in [4.78, 5) is 14.5. The highest BCUT2D eigenvalue weighted by atomic mass is 32.2. The van der Waals surface area contributed by atoms with E-state index in [0.29, 0.717) is 26.2 Å². The minimum absolute atomic E-state index is 0.00521. The monoisotopic (exact) mass is 387 g/mol. The number of hydrogen-bond acceptors (Lipinski definition) is 6. The third-order valence-corrected chi connectivity index (χ3v) is 6.16. The van der Waals surface area contributed by atoms with Gasteiger partial charge in [0.25, 0.3) is 0 Å². The first kappa shape index (κ1) is 20.8. The zero-order valence-corrected chi connectivity index (χ0v) is 16.7. The van der Waals surface area contributed by atoms with E-state index >= 15 is 0 Å². The molecule has 1 amide bonds. The van der Waals surface area contributed by atoms with Gasteiger partial charge in [-0.15, -0.1) is 0 Å². The number of hydrogen-bond donors (Lipinski definition) is 1. The van der Waals surface area contributed by atoms with Crippen molar-refractivity contribution in [3.05, 3.63) is 18.0 Å². The number of sulfonamides is 1. The molecule has 1 atom stereocenters. The van der Waals surface area contributed by atoms with Crippen LogP contribution in [0.3, 0.4) is 0 Å². The average Bonchev–Trinajstić information content (AvgIpc) is 3.01. The number of aromatic nitrogens is 2. The number of carbonyl (C=O) groups is 1. The lowest BCUT2D eigenvalue weighted by molar-refractivity contribution is -0.134. The second-order valence-electron chi connectivity index (χ2n) is 6.63. The molecule has 1 aromatic rings. The molecular formula is C16H29N5O4S. The van der Waals surface area contributed by atoms with Gasteiger partial charge in [-0.1, -0.05) is 0 Å². The predicted molar refractivity (Wildman–Crippen MR) is 98.0 cm³/mol. The van der Waals surface area contributed by atoms with Gasteiger partial charge in [0.15, 0.2) is 0 Å². The van der Waals surface area contributed by atoms with Crippen LogP contribution < -0.4 is 5.32 Å². The Morgan fingerprint density at radius 3 is 2.46 bits per heavy atom. The van der Waals surface area contributed by atoms with Crippen molar-refractivity contribution in [2.45, 2.75) is 26.0 Å². The number of ether oxygens (including phenoxy) is 1. The topological polar surface area (TPSA) is 96.8 Å². The summed E-state index contributed by atoms with van der Waals surface area (Å²) in [6.45, 7) is 5.29. The van der Waals surface area contributed by atoms with E-state index in [4.69, 9.17) is 4.74 Å². The highest BCUT2D eigenvalue weighted by molar-refractivity contribution is 7.89. The number of carbonyl (C=O) groups excluding carboxylic acids is 1. The highest BCUT2D eigenvalue weighted by Crippen LogP contribution is 2.17. The van der Waals surface area contributed by atoms with E-state index in [0.717, 1.165) is 5.56 Å². The largest absolute Gasteiger partial charge is 0.378 e. The van der Waals surface area contributed by atoms with Gasteiger partial charge in [0.2, 0.25) is 15.9 Å². The fourth-order valence-corrected chi connectivity index (χ4v) is 4.19. The predicted octanol–water partition coefficient (Wildman–Crippen LogP) is -0.420. The van der Waals surface area contributed by atoms with Gasteiger partial charge in [-0.2, -0.15) is 9.40 Å². The molecule has 0 aromatic carbocycles. The Bertz CT molecular complexity index is 695. The first-order chi connectivity index (χ1) is 12.2. The number of aryl methyl sites for hydroxylation is 1. The van der Waals surface area contributed by atoms with E-state index in [9.17, 15) is 13.2 Å². The average molecular weight is 388 g/mol. The van der Waals surface area contributed by atoms with Crippen molar-refractivity contribution < 1.29 is 17.9 Å². The van der Waals surface area contributed by atoms with E-state index in [2.05, 4.69) is 10.4 Å².